The van der Waals surface area contributed by atoms with Crippen LogP contribution in [-0.2, 0) is 0 Å². The molecule has 98 valence electrons. The minimum Gasteiger partial charge on any atom is -0.384 e. The van der Waals surface area contributed by atoms with Crippen molar-refractivity contribution in [1.82, 2.24) is 0 Å². The zero-order valence-electron chi connectivity index (χ0n) is 10.8. The molecule has 0 fully saturated rings. The molecule has 0 radical (unpaired) electrons. The van der Waals surface area contributed by atoms with E-state index in [-0.39, 0.29) is 0 Å². The van der Waals surface area contributed by atoms with E-state index >= 15 is 0 Å². The average Bonchev–Trinajstić information content (AvgIpc) is 2.26. The van der Waals surface area contributed by atoms with Gasteiger partial charge >= 0.3 is 0 Å². The number of hydrogen-bond donors (Lipinski definition) is 1. The van der Waals surface area contributed by atoms with E-state index in [2.05, 4.69) is 75.3 Å². The fraction of sp³-hybridized carbons (Fsp3) is 0.467. The summed E-state index contributed by atoms with van der Waals surface area (Å²) in [7, 11) is 0. The third-order valence-electron chi connectivity index (χ3n) is 3.40. The van der Waals surface area contributed by atoms with Crippen molar-refractivity contribution >= 4 is 37.5 Å². The molecule has 0 saturated heterocycles. The Morgan fingerprint density at radius 3 is 2.78 bits per heavy atom. The van der Waals surface area contributed by atoms with E-state index in [1.165, 1.54) is 24.1 Å². The summed E-state index contributed by atoms with van der Waals surface area (Å²) in [6.45, 7) is 5.61. The molecule has 1 N–H and O–H groups in total. The SMILES string of the molecule is CC1=CC(C)CC(CNc2ccc(Br)cc2Br)C1. The first-order chi connectivity index (χ1) is 8.54. The Balaban J connectivity index is 1.94. The number of halogens is 2. The Morgan fingerprint density at radius 2 is 2.11 bits per heavy atom. The van der Waals surface area contributed by atoms with Crippen LogP contribution in [0.15, 0.2) is 38.8 Å². The highest BCUT2D eigenvalue weighted by Crippen LogP contribution is 2.30. The maximum atomic E-state index is 3.59. The smallest absolute Gasteiger partial charge is 0.0485 e. The normalized spacial score (nSPS) is 23.7. The Bertz CT molecular complexity index is 454. The quantitative estimate of drug-likeness (QED) is 0.679. The van der Waals surface area contributed by atoms with Gasteiger partial charge in [0.1, 0.15) is 0 Å². The zero-order valence-corrected chi connectivity index (χ0v) is 14.0. The van der Waals surface area contributed by atoms with Gasteiger partial charge in [0.05, 0.1) is 0 Å². The van der Waals surface area contributed by atoms with E-state index in [1.807, 2.05) is 0 Å². The molecule has 1 aromatic rings. The molecule has 1 aliphatic rings. The van der Waals surface area contributed by atoms with Crippen molar-refractivity contribution in [2.45, 2.75) is 26.7 Å². The monoisotopic (exact) mass is 371 g/mol. The van der Waals surface area contributed by atoms with Crippen LogP contribution in [0.5, 0.6) is 0 Å². The van der Waals surface area contributed by atoms with Crippen molar-refractivity contribution in [2.75, 3.05) is 11.9 Å². The molecular formula is C15H19Br2N. The minimum atomic E-state index is 0.721. The average molecular weight is 373 g/mol. The number of anilines is 1. The van der Waals surface area contributed by atoms with E-state index in [9.17, 15) is 0 Å². The summed E-state index contributed by atoms with van der Waals surface area (Å²) in [4.78, 5) is 0. The first-order valence-corrected chi connectivity index (χ1v) is 7.99. The molecule has 2 atom stereocenters. The molecule has 2 rings (SSSR count). The van der Waals surface area contributed by atoms with Crippen LogP contribution < -0.4 is 5.32 Å². The van der Waals surface area contributed by atoms with E-state index in [4.69, 9.17) is 0 Å². The van der Waals surface area contributed by atoms with Gasteiger partial charge in [-0.25, -0.2) is 0 Å². The van der Waals surface area contributed by atoms with Crippen molar-refractivity contribution in [3.05, 3.63) is 38.8 Å². The third-order valence-corrected chi connectivity index (χ3v) is 4.55. The molecular weight excluding hydrogens is 354 g/mol. The molecule has 0 heterocycles. The second-order valence-electron chi connectivity index (χ2n) is 5.30. The van der Waals surface area contributed by atoms with E-state index < -0.39 is 0 Å². The van der Waals surface area contributed by atoms with Crippen LogP contribution in [0, 0.1) is 11.8 Å². The van der Waals surface area contributed by atoms with Gasteiger partial charge in [0.25, 0.3) is 0 Å². The highest BCUT2D eigenvalue weighted by atomic mass is 79.9. The molecule has 3 heteroatoms. The largest absolute Gasteiger partial charge is 0.384 e. The standard InChI is InChI=1S/C15H19Br2N/c1-10-5-11(2)7-12(6-10)9-18-15-4-3-13(16)8-14(15)17/h3-5,8,10,12,18H,6-7,9H2,1-2H3. The summed E-state index contributed by atoms with van der Waals surface area (Å²) in [5.41, 5.74) is 2.72. The van der Waals surface area contributed by atoms with Gasteiger partial charge < -0.3 is 5.32 Å². The van der Waals surface area contributed by atoms with Gasteiger partial charge in [-0.05, 0) is 65.7 Å². The van der Waals surface area contributed by atoms with Crippen LogP contribution in [-0.4, -0.2) is 6.54 Å². The van der Waals surface area contributed by atoms with Gasteiger partial charge in [-0.2, -0.15) is 0 Å². The van der Waals surface area contributed by atoms with Crippen LogP contribution in [0.25, 0.3) is 0 Å². The Morgan fingerprint density at radius 1 is 1.33 bits per heavy atom. The molecule has 1 aromatic carbocycles. The minimum absolute atomic E-state index is 0.721. The number of hydrogen-bond acceptors (Lipinski definition) is 1. The third kappa shape index (κ3) is 3.86. The van der Waals surface area contributed by atoms with Crippen molar-refractivity contribution in [3.63, 3.8) is 0 Å². The molecule has 1 nitrogen and oxygen atoms in total. The van der Waals surface area contributed by atoms with Crippen molar-refractivity contribution in [2.24, 2.45) is 11.8 Å². The lowest BCUT2D eigenvalue weighted by atomic mass is 9.84. The summed E-state index contributed by atoms with van der Waals surface area (Å²) in [5.74, 6) is 1.47. The van der Waals surface area contributed by atoms with Crippen molar-refractivity contribution < 1.29 is 0 Å². The fourth-order valence-corrected chi connectivity index (χ4v) is 3.92. The van der Waals surface area contributed by atoms with Crippen LogP contribution in [0.2, 0.25) is 0 Å². The maximum Gasteiger partial charge on any atom is 0.0485 e. The Hall–Kier alpha value is -0.280. The zero-order chi connectivity index (χ0) is 13.1. The summed E-state index contributed by atoms with van der Waals surface area (Å²) in [6.07, 6.45) is 4.93. The predicted molar refractivity (Wildman–Crippen MR) is 86.0 cm³/mol. The molecule has 0 saturated carbocycles. The van der Waals surface area contributed by atoms with Crippen LogP contribution in [0.1, 0.15) is 26.7 Å². The van der Waals surface area contributed by atoms with Crippen molar-refractivity contribution in [1.29, 1.82) is 0 Å². The first-order valence-electron chi connectivity index (χ1n) is 6.41. The van der Waals surface area contributed by atoms with Crippen molar-refractivity contribution in [3.8, 4) is 0 Å². The summed E-state index contributed by atoms with van der Waals surface area (Å²) >= 11 is 7.07. The lowest BCUT2D eigenvalue weighted by molar-refractivity contribution is 0.421. The Labute approximate surface area is 126 Å². The van der Waals surface area contributed by atoms with Crippen LogP contribution in [0.4, 0.5) is 5.69 Å². The summed E-state index contributed by atoms with van der Waals surface area (Å²) in [5, 5.41) is 3.56. The van der Waals surface area contributed by atoms with E-state index in [0.717, 1.165) is 27.3 Å². The highest BCUT2D eigenvalue weighted by Gasteiger charge is 2.17. The predicted octanol–water partition coefficient (Wildman–Crippen LogP) is 5.62. The fourth-order valence-electron chi connectivity index (χ4n) is 2.73. The van der Waals surface area contributed by atoms with Gasteiger partial charge in [0, 0.05) is 21.2 Å². The maximum absolute atomic E-state index is 3.59. The Kier molecular flexibility index (Phi) is 4.91. The van der Waals surface area contributed by atoms with Crippen LogP contribution >= 0.6 is 31.9 Å². The molecule has 0 aromatic heterocycles. The summed E-state index contributed by atoms with van der Waals surface area (Å²) < 4.78 is 2.22. The second kappa shape index (κ2) is 6.25. The van der Waals surface area contributed by atoms with Crippen LogP contribution in [0.3, 0.4) is 0 Å². The first kappa shape index (κ1) is 14.1. The summed E-state index contributed by atoms with van der Waals surface area (Å²) in [6, 6.07) is 6.27. The van der Waals surface area contributed by atoms with Gasteiger partial charge in [-0.1, -0.05) is 34.5 Å². The molecule has 0 aliphatic heterocycles. The number of benzene rings is 1. The van der Waals surface area contributed by atoms with E-state index in [1.54, 1.807) is 0 Å². The van der Waals surface area contributed by atoms with E-state index in [0.29, 0.717) is 0 Å². The van der Waals surface area contributed by atoms with Gasteiger partial charge in [0.15, 0.2) is 0 Å². The van der Waals surface area contributed by atoms with Gasteiger partial charge in [-0.3, -0.25) is 0 Å². The number of rotatable bonds is 3. The molecule has 0 bridgehead atoms. The number of allylic oxidation sites excluding steroid dienone is 2. The molecule has 18 heavy (non-hydrogen) atoms. The second-order valence-corrected chi connectivity index (χ2v) is 7.07. The lowest BCUT2D eigenvalue weighted by Gasteiger charge is -2.26. The molecule has 2 unspecified atom stereocenters. The van der Waals surface area contributed by atoms with Gasteiger partial charge in [0.2, 0.25) is 0 Å². The molecule has 1 aliphatic carbocycles. The molecule has 0 amide bonds. The lowest BCUT2D eigenvalue weighted by Crippen LogP contribution is -2.20. The van der Waals surface area contributed by atoms with Gasteiger partial charge in [-0.15, -0.1) is 0 Å². The number of nitrogens with one attached hydrogen (secondary N) is 1. The topological polar surface area (TPSA) is 12.0 Å². The highest BCUT2D eigenvalue weighted by molar-refractivity contribution is 9.11. The molecule has 0 spiro atoms.